The fraction of sp³-hybridized carbons (Fsp3) is 0.438. The molecule has 2 atom stereocenters. The maximum absolute atomic E-state index is 3.57. The number of allylic oxidation sites excluding steroid dienone is 5. The van der Waals surface area contributed by atoms with Gasteiger partial charge >= 0.3 is 212 Å². The SMILES string of the molecule is CCC[CH2][Zr](=[SiH2])([CH2]CCC)([C]1=C(C)C(C)=C(C)C1C)[CH]1C=C(c2ccccc2)c2ccccc21. The number of benzene rings is 2. The quantitative estimate of drug-likeness (QED) is 0.275. The fourth-order valence-electron chi connectivity index (χ4n) is 7.42. The van der Waals surface area contributed by atoms with E-state index in [9.17, 15) is 0 Å². The maximum atomic E-state index is 2.76. The van der Waals surface area contributed by atoms with Crippen molar-refractivity contribution in [3.8, 4) is 0 Å². The summed E-state index contributed by atoms with van der Waals surface area (Å²) in [5.41, 5.74) is 10.9. The molecule has 2 unspecified atom stereocenters. The third-order valence-electron chi connectivity index (χ3n) is 9.49. The third-order valence-corrected chi connectivity index (χ3v) is 37.1. The van der Waals surface area contributed by atoms with Crippen molar-refractivity contribution in [2.45, 2.75) is 79.1 Å². The Balaban J connectivity index is 2.04. The third kappa shape index (κ3) is 4.08. The van der Waals surface area contributed by atoms with Crippen LogP contribution in [-0.2, 0) is 17.4 Å². The summed E-state index contributed by atoms with van der Waals surface area (Å²) in [6.07, 6.45) is 8.09. The number of fused-ring (bicyclic) bond motifs is 1. The minimum atomic E-state index is -3.57. The molecule has 4 rings (SSSR count). The zero-order chi connectivity index (χ0) is 24.5. The number of hydrogen-bond donors (Lipinski definition) is 0. The monoisotopic (exact) mass is 546 g/mol. The molecule has 2 aliphatic rings. The van der Waals surface area contributed by atoms with Gasteiger partial charge in [0.25, 0.3) is 0 Å². The van der Waals surface area contributed by atoms with E-state index in [2.05, 4.69) is 109 Å². The topological polar surface area (TPSA) is 0 Å². The Kier molecular flexibility index (Phi) is 7.62. The van der Waals surface area contributed by atoms with Crippen molar-refractivity contribution in [2.24, 2.45) is 5.92 Å². The number of hydrogen-bond acceptors (Lipinski definition) is 0. The average molecular weight is 548 g/mol. The second kappa shape index (κ2) is 10.0. The molecule has 0 amide bonds. The summed E-state index contributed by atoms with van der Waals surface area (Å²) in [6, 6.07) is 20.6. The first-order chi connectivity index (χ1) is 16.3. The summed E-state index contributed by atoms with van der Waals surface area (Å²) < 4.78 is 5.48. The molecule has 34 heavy (non-hydrogen) atoms. The molecule has 0 saturated carbocycles. The zero-order valence-electron chi connectivity index (χ0n) is 22.4. The van der Waals surface area contributed by atoms with Crippen LogP contribution in [-0.4, -0.2) is 6.88 Å². The van der Waals surface area contributed by atoms with Crippen LogP contribution in [0.5, 0.6) is 0 Å². The van der Waals surface area contributed by atoms with E-state index in [0.717, 1.165) is 0 Å². The van der Waals surface area contributed by atoms with Crippen LogP contribution in [0.1, 0.15) is 87.5 Å². The van der Waals surface area contributed by atoms with E-state index in [1.54, 1.807) is 22.3 Å². The Labute approximate surface area is 211 Å². The van der Waals surface area contributed by atoms with Gasteiger partial charge in [-0.05, 0) is 0 Å². The van der Waals surface area contributed by atoms with Crippen LogP contribution in [0.4, 0.5) is 0 Å². The molecule has 0 bridgehead atoms. The molecule has 2 heteroatoms. The first-order valence-electron chi connectivity index (χ1n) is 13.6. The van der Waals surface area contributed by atoms with Gasteiger partial charge in [-0.25, -0.2) is 0 Å². The van der Waals surface area contributed by atoms with Gasteiger partial charge in [0.15, 0.2) is 0 Å². The van der Waals surface area contributed by atoms with Crippen LogP contribution < -0.4 is 0 Å². The Morgan fingerprint density at radius 1 is 0.794 bits per heavy atom. The summed E-state index contributed by atoms with van der Waals surface area (Å²) in [5.74, 6) is 0.609. The van der Waals surface area contributed by atoms with Gasteiger partial charge in [-0.1, -0.05) is 0 Å². The number of rotatable bonds is 9. The van der Waals surface area contributed by atoms with Crippen LogP contribution in [0.3, 0.4) is 0 Å². The summed E-state index contributed by atoms with van der Waals surface area (Å²) in [7, 11) is 0. The van der Waals surface area contributed by atoms with Gasteiger partial charge in [0, 0.05) is 0 Å². The molecule has 0 N–H and O–H groups in total. The van der Waals surface area contributed by atoms with Crippen LogP contribution >= 0.6 is 0 Å². The van der Waals surface area contributed by atoms with Crippen molar-refractivity contribution in [2.75, 3.05) is 0 Å². The number of unbranched alkanes of at least 4 members (excludes halogenated alkanes) is 2. The molecule has 2 aromatic carbocycles. The van der Waals surface area contributed by atoms with Crippen molar-refractivity contribution >= 4 is 12.5 Å². The van der Waals surface area contributed by atoms with Crippen LogP contribution in [0.2, 0.25) is 8.26 Å². The van der Waals surface area contributed by atoms with Gasteiger partial charge in [0.1, 0.15) is 0 Å². The van der Waals surface area contributed by atoms with Crippen molar-refractivity contribution in [1.29, 1.82) is 0 Å². The molecule has 2 aromatic rings. The van der Waals surface area contributed by atoms with Crippen LogP contribution in [0, 0.1) is 5.92 Å². The van der Waals surface area contributed by atoms with Gasteiger partial charge in [-0.3, -0.25) is 0 Å². The van der Waals surface area contributed by atoms with E-state index in [1.807, 2.05) is 3.28 Å². The predicted octanol–water partition coefficient (Wildman–Crippen LogP) is 9.11. The normalized spacial score (nSPS) is 20.7. The summed E-state index contributed by atoms with van der Waals surface area (Å²) in [6.45, 7) is 17.2. The van der Waals surface area contributed by atoms with E-state index in [0.29, 0.717) is 9.54 Å². The molecule has 0 fully saturated rings. The van der Waals surface area contributed by atoms with Crippen molar-refractivity contribution in [1.82, 2.24) is 0 Å². The van der Waals surface area contributed by atoms with E-state index in [4.69, 9.17) is 0 Å². The first kappa shape index (κ1) is 25.8. The zero-order valence-corrected chi connectivity index (χ0v) is 26.3. The van der Waals surface area contributed by atoms with Crippen molar-refractivity contribution in [3.05, 3.63) is 97.4 Å². The van der Waals surface area contributed by atoms with Crippen molar-refractivity contribution < 1.29 is 17.4 Å². The van der Waals surface area contributed by atoms with Gasteiger partial charge in [-0.15, -0.1) is 0 Å². The Morgan fingerprint density at radius 2 is 1.38 bits per heavy atom. The van der Waals surface area contributed by atoms with E-state index in [-0.39, 0.29) is 0 Å². The molecule has 180 valence electrons. The summed E-state index contributed by atoms with van der Waals surface area (Å²) in [4.78, 5) is 0. The molecule has 0 aromatic heterocycles. The molecule has 0 heterocycles. The van der Waals surface area contributed by atoms with Crippen molar-refractivity contribution in [3.63, 3.8) is 0 Å². The van der Waals surface area contributed by atoms with Gasteiger partial charge in [0.2, 0.25) is 0 Å². The molecular weight excluding hydrogens is 504 g/mol. The van der Waals surface area contributed by atoms with E-state index >= 15 is 0 Å². The molecule has 0 nitrogen and oxygen atoms in total. The van der Waals surface area contributed by atoms with Gasteiger partial charge < -0.3 is 0 Å². The summed E-state index contributed by atoms with van der Waals surface area (Å²) >= 11 is -3.57. The molecule has 0 saturated heterocycles. The summed E-state index contributed by atoms with van der Waals surface area (Å²) in [5, 5.41) is 0. The second-order valence-electron chi connectivity index (χ2n) is 11.3. The van der Waals surface area contributed by atoms with Gasteiger partial charge in [-0.2, -0.15) is 0 Å². The van der Waals surface area contributed by atoms with E-state index in [1.165, 1.54) is 50.6 Å². The molecule has 0 spiro atoms. The molecule has 0 aliphatic heterocycles. The Morgan fingerprint density at radius 3 is 1.94 bits per heavy atom. The van der Waals surface area contributed by atoms with Crippen LogP contribution in [0.25, 0.3) is 5.57 Å². The Bertz CT molecular complexity index is 1210. The predicted molar refractivity (Wildman–Crippen MR) is 151 cm³/mol. The first-order valence-corrected chi connectivity index (χ1v) is 25.6. The Hall–Kier alpha value is -1.24. The fourth-order valence-corrected chi connectivity index (χ4v) is 36.6. The van der Waals surface area contributed by atoms with Crippen LogP contribution in [0.15, 0.2) is 80.7 Å². The second-order valence-corrected chi connectivity index (χ2v) is 37.1. The van der Waals surface area contributed by atoms with E-state index < -0.39 is 17.4 Å². The molecule has 2 aliphatic carbocycles. The van der Waals surface area contributed by atoms with Gasteiger partial charge in [0.05, 0.1) is 0 Å². The minimum absolute atomic E-state index is 0.607. The molecular formula is C32H44SiZr. The standard InChI is InChI=1S/C15H11.C9H13.2C4H9.H2Si.Zr/c1-2-6-12(7-3-1)15-11-10-13-8-4-5-9-14(13)15;1-6-5-7(2)9(4)8(6)3;2*1-3-4-2;;/h1-11H;6H,1-4H3;2*1,3-4H2,2H3;1H2;. The average Bonchev–Trinajstić information content (AvgIpc) is 3.35. The molecule has 0 radical (unpaired) electrons.